The van der Waals surface area contributed by atoms with Crippen molar-refractivity contribution in [2.75, 3.05) is 18.5 Å². The molecular weight excluding hydrogens is 318 g/mol. The van der Waals surface area contributed by atoms with E-state index >= 15 is 0 Å². The van der Waals surface area contributed by atoms with Gasteiger partial charge in [-0.2, -0.15) is 5.26 Å². The number of benzene rings is 1. The van der Waals surface area contributed by atoms with Gasteiger partial charge in [0.2, 0.25) is 5.91 Å². The summed E-state index contributed by atoms with van der Waals surface area (Å²) in [5.74, 6) is 0.0187. The third-order valence-corrected chi connectivity index (χ3v) is 4.62. The van der Waals surface area contributed by atoms with Crippen LogP contribution in [0.15, 0.2) is 22.7 Å². The molecule has 2 unspecified atom stereocenters. The molecule has 0 saturated carbocycles. The Labute approximate surface area is 128 Å². The molecule has 1 heterocycles. The largest absolute Gasteiger partial charge is 0.354 e. The van der Waals surface area contributed by atoms with Gasteiger partial charge in [0, 0.05) is 29.8 Å². The predicted molar refractivity (Wildman–Crippen MR) is 82.5 cm³/mol. The molecule has 1 saturated heterocycles. The first-order valence-electron chi connectivity index (χ1n) is 6.62. The molecule has 1 fully saturated rings. The smallest absolute Gasteiger partial charge is 0.246 e. The fourth-order valence-electron chi connectivity index (χ4n) is 2.75. The summed E-state index contributed by atoms with van der Waals surface area (Å²) in [4.78, 5) is 16.1. The van der Waals surface area contributed by atoms with Crippen LogP contribution in [0.2, 0.25) is 0 Å². The van der Waals surface area contributed by atoms with Crippen LogP contribution in [0, 0.1) is 18.3 Å². The van der Waals surface area contributed by atoms with Gasteiger partial charge in [-0.3, -0.25) is 4.79 Å². The Morgan fingerprint density at radius 1 is 1.50 bits per heavy atom. The van der Waals surface area contributed by atoms with Crippen LogP contribution in [0.25, 0.3) is 0 Å². The number of nitriles is 1. The van der Waals surface area contributed by atoms with Crippen molar-refractivity contribution in [3.63, 3.8) is 0 Å². The normalized spacial score (nSPS) is 22.9. The van der Waals surface area contributed by atoms with Gasteiger partial charge in [0.1, 0.15) is 6.04 Å². The first kappa shape index (κ1) is 14.9. The highest BCUT2D eigenvalue weighted by Crippen LogP contribution is 2.29. The first-order valence-corrected chi connectivity index (χ1v) is 7.41. The maximum absolute atomic E-state index is 12.3. The number of anilines is 1. The number of aryl methyl sites for hydroxylation is 1. The molecule has 20 heavy (non-hydrogen) atoms. The van der Waals surface area contributed by atoms with Crippen LogP contribution < -0.4 is 4.90 Å². The second-order valence-electron chi connectivity index (χ2n) is 5.29. The summed E-state index contributed by atoms with van der Waals surface area (Å²) < 4.78 is 1.05. The van der Waals surface area contributed by atoms with Crippen molar-refractivity contribution in [2.24, 2.45) is 0 Å². The van der Waals surface area contributed by atoms with E-state index in [-0.39, 0.29) is 18.4 Å². The lowest BCUT2D eigenvalue weighted by Crippen LogP contribution is -2.60. The SMILES string of the molecule is Cc1cc(N2C(C)CN(C)C(=O)C2CC#N)ccc1Br. The Balaban J connectivity index is 2.42. The van der Waals surface area contributed by atoms with Crippen molar-refractivity contribution in [1.29, 1.82) is 5.26 Å². The fraction of sp³-hybridized carbons (Fsp3) is 0.467. The van der Waals surface area contributed by atoms with Crippen LogP contribution in [0.1, 0.15) is 18.9 Å². The minimum Gasteiger partial charge on any atom is -0.354 e. The average molecular weight is 336 g/mol. The number of rotatable bonds is 2. The number of likely N-dealkylation sites (N-methyl/N-ethyl adjacent to an activating group) is 1. The summed E-state index contributed by atoms with van der Waals surface area (Å²) in [5, 5.41) is 9.02. The minimum absolute atomic E-state index is 0.0187. The minimum atomic E-state index is -0.394. The van der Waals surface area contributed by atoms with Crippen molar-refractivity contribution in [3.05, 3.63) is 28.2 Å². The van der Waals surface area contributed by atoms with Crippen LogP contribution in [0.5, 0.6) is 0 Å². The highest BCUT2D eigenvalue weighted by atomic mass is 79.9. The molecule has 0 N–H and O–H groups in total. The van der Waals surface area contributed by atoms with E-state index in [2.05, 4.69) is 39.9 Å². The monoisotopic (exact) mass is 335 g/mol. The molecule has 0 radical (unpaired) electrons. The van der Waals surface area contributed by atoms with Gasteiger partial charge < -0.3 is 9.80 Å². The molecule has 5 heteroatoms. The van der Waals surface area contributed by atoms with E-state index < -0.39 is 6.04 Å². The topological polar surface area (TPSA) is 47.3 Å². The van der Waals surface area contributed by atoms with Gasteiger partial charge in [0.05, 0.1) is 12.5 Å². The number of hydrogen-bond acceptors (Lipinski definition) is 3. The van der Waals surface area contributed by atoms with Crippen molar-refractivity contribution in [2.45, 2.75) is 32.4 Å². The summed E-state index contributed by atoms with van der Waals surface area (Å²) in [7, 11) is 1.80. The van der Waals surface area contributed by atoms with Crippen molar-refractivity contribution < 1.29 is 4.79 Å². The zero-order chi connectivity index (χ0) is 14.9. The van der Waals surface area contributed by atoms with Gasteiger partial charge in [-0.25, -0.2) is 0 Å². The molecule has 0 aromatic heterocycles. The van der Waals surface area contributed by atoms with Gasteiger partial charge in [-0.05, 0) is 37.6 Å². The zero-order valence-electron chi connectivity index (χ0n) is 11.9. The van der Waals surface area contributed by atoms with Gasteiger partial charge in [0.25, 0.3) is 0 Å². The molecule has 106 valence electrons. The number of halogens is 1. The lowest BCUT2D eigenvalue weighted by molar-refractivity contribution is -0.133. The molecule has 0 bridgehead atoms. The zero-order valence-corrected chi connectivity index (χ0v) is 13.5. The Morgan fingerprint density at radius 2 is 2.20 bits per heavy atom. The quantitative estimate of drug-likeness (QED) is 0.834. The summed E-state index contributed by atoms with van der Waals surface area (Å²) in [5.41, 5.74) is 2.12. The van der Waals surface area contributed by atoms with Gasteiger partial charge in [-0.15, -0.1) is 0 Å². The van der Waals surface area contributed by atoms with Crippen LogP contribution in [-0.4, -0.2) is 36.5 Å². The Morgan fingerprint density at radius 3 is 2.80 bits per heavy atom. The number of amides is 1. The van der Waals surface area contributed by atoms with Gasteiger partial charge in [0.15, 0.2) is 0 Å². The molecule has 1 aliphatic rings. The van der Waals surface area contributed by atoms with E-state index in [1.165, 1.54) is 0 Å². The van der Waals surface area contributed by atoms with Crippen molar-refractivity contribution >= 4 is 27.5 Å². The fourth-order valence-corrected chi connectivity index (χ4v) is 3.00. The highest BCUT2D eigenvalue weighted by molar-refractivity contribution is 9.10. The number of piperazine rings is 1. The molecule has 0 spiro atoms. The maximum Gasteiger partial charge on any atom is 0.246 e. The van der Waals surface area contributed by atoms with Crippen LogP contribution in [0.4, 0.5) is 5.69 Å². The van der Waals surface area contributed by atoms with E-state index in [0.717, 1.165) is 15.7 Å². The van der Waals surface area contributed by atoms with E-state index in [1.807, 2.05) is 19.1 Å². The lowest BCUT2D eigenvalue weighted by Gasteiger charge is -2.44. The van der Waals surface area contributed by atoms with Gasteiger partial charge in [-0.1, -0.05) is 15.9 Å². The summed E-state index contributed by atoms with van der Waals surface area (Å²) in [6.07, 6.45) is 0.211. The lowest BCUT2D eigenvalue weighted by atomic mass is 10.0. The summed E-state index contributed by atoms with van der Waals surface area (Å²) >= 11 is 3.49. The van der Waals surface area contributed by atoms with Crippen molar-refractivity contribution in [1.82, 2.24) is 4.90 Å². The standard InChI is InChI=1S/C15H18BrN3O/c1-10-8-12(4-5-13(10)16)19-11(2)9-18(3)15(20)14(19)6-7-17/h4-5,8,11,14H,6,9H2,1-3H3. The molecule has 4 nitrogen and oxygen atoms in total. The maximum atomic E-state index is 12.3. The van der Waals surface area contributed by atoms with Crippen molar-refractivity contribution in [3.8, 4) is 6.07 Å². The summed E-state index contributed by atoms with van der Waals surface area (Å²) in [6, 6.07) is 7.98. The van der Waals surface area contributed by atoms with Crippen LogP contribution in [-0.2, 0) is 4.79 Å². The average Bonchev–Trinajstić information content (AvgIpc) is 2.40. The number of carbonyl (C=O) groups is 1. The first-order chi connectivity index (χ1) is 9.45. The number of nitrogens with zero attached hydrogens (tertiary/aromatic N) is 3. The molecular formula is C15H18BrN3O. The Hall–Kier alpha value is -1.54. The number of carbonyl (C=O) groups excluding carboxylic acids is 1. The third kappa shape index (κ3) is 2.66. The molecule has 0 aliphatic carbocycles. The second kappa shape index (κ2) is 5.84. The van der Waals surface area contributed by atoms with Crippen LogP contribution in [0.3, 0.4) is 0 Å². The van der Waals surface area contributed by atoms with E-state index in [0.29, 0.717) is 6.54 Å². The van der Waals surface area contributed by atoms with Gasteiger partial charge >= 0.3 is 0 Å². The molecule has 1 aliphatic heterocycles. The van der Waals surface area contributed by atoms with E-state index in [4.69, 9.17) is 5.26 Å². The Kier molecular flexibility index (Phi) is 4.34. The summed E-state index contributed by atoms with van der Waals surface area (Å²) in [6.45, 7) is 4.79. The van der Waals surface area contributed by atoms with E-state index in [1.54, 1.807) is 11.9 Å². The number of hydrogen-bond donors (Lipinski definition) is 0. The van der Waals surface area contributed by atoms with E-state index in [9.17, 15) is 4.79 Å². The molecule has 1 amide bonds. The molecule has 1 aromatic rings. The predicted octanol–water partition coefficient (Wildman–Crippen LogP) is 2.71. The molecule has 2 atom stereocenters. The highest BCUT2D eigenvalue weighted by Gasteiger charge is 2.37. The third-order valence-electron chi connectivity index (χ3n) is 3.73. The second-order valence-corrected chi connectivity index (χ2v) is 6.14. The Bertz CT molecular complexity index is 567. The molecule has 2 rings (SSSR count). The van der Waals surface area contributed by atoms with Crippen LogP contribution >= 0.6 is 15.9 Å². The molecule has 1 aromatic carbocycles.